The second-order valence-corrected chi connectivity index (χ2v) is 4.13. The molecule has 5 heteroatoms. The first-order valence-electron chi connectivity index (χ1n) is 4.26. The fourth-order valence-corrected chi connectivity index (χ4v) is 1.64. The second-order valence-electron chi connectivity index (χ2n) is 4.13. The van der Waals surface area contributed by atoms with Crippen molar-refractivity contribution in [2.45, 2.75) is 13.8 Å². The topological polar surface area (TPSA) is 64.0 Å². The van der Waals surface area contributed by atoms with Gasteiger partial charge < -0.3 is 20.0 Å². The fraction of sp³-hybridized carbons (Fsp3) is 0.875. The Hall–Kier alpha value is -0.810. The summed E-state index contributed by atoms with van der Waals surface area (Å²) in [6, 6.07) is -0.302. The van der Waals surface area contributed by atoms with Crippen LogP contribution in [0.15, 0.2) is 0 Å². The van der Waals surface area contributed by atoms with Crippen LogP contribution in [0.2, 0.25) is 0 Å². The number of hydrogen-bond donors (Lipinski definition) is 2. The van der Waals surface area contributed by atoms with E-state index in [4.69, 9.17) is 10.2 Å². The molecule has 1 aliphatic heterocycles. The van der Waals surface area contributed by atoms with Gasteiger partial charge in [-0.1, -0.05) is 13.8 Å². The van der Waals surface area contributed by atoms with Gasteiger partial charge in [0.05, 0.1) is 0 Å². The Balaban J connectivity index is 2.74. The molecule has 0 aromatic carbocycles. The number of hydrogen-bond acceptors (Lipinski definition) is 3. The average molecular weight is 188 g/mol. The SMILES string of the molecule is CC1(C)CN(CO)C(=O)N(CO)C1. The van der Waals surface area contributed by atoms with Crippen LogP contribution in [0.25, 0.3) is 0 Å². The van der Waals surface area contributed by atoms with E-state index in [1.54, 1.807) is 0 Å². The molecular formula is C8H16N2O3. The van der Waals surface area contributed by atoms with Gasteiger partial charge in [-0.25, -0.2) is 4.79 Å². The third kappa shape index (κ3) is 2.10. The minimum Gasteiger partial charge on any atom is -0.376 e. The summed E-state index contributed by atoms with van der Waals surface area (Å²) < 4.78 is 0. The normalized spacial score (nSPS) is 22.3. The van der Waals surface area contributed by atoms with Gasteiger partial charge in [-0.3, -0.25) is 0 Å². The zero-order valence-corrected chi connectivity index (χ0v) is 8.03. The number of carbonyl (C=O) groups is 1. The summed E-state index contributed by atoms with van der Waals surface area (Å²) in [5.41, 5.74) is -0.0840. The van der Waals surface area contributed by atoms with Gasteiger partial charge in [-0.15, -0.1) is 0 Å². The first-order chi connectivity index (χ1) is 6.00. The van der Waals surface area contributed by atoms with Crippen molar-refractivity contribution in [3.63, 3.8) is 0 Å². The molecule has 0 saturated carbocycles. The van der Waals surface area contributed by atoms with Crippen molar-refractivity contribution in [1.82, 2.24) is 9.80 Å². The molecule has 13 heavy (non-hydrogen) atoms. The quantitative estimate of drug-likeness (QED) is 0.622. The van der Waals surface area contributed by atoms with E-state index in [2.05, 4.69) is 0 Å². The molecule has 0 aromatic heterocycles. The van der Waals surface area contributed by atoms with Crippen LogP contribution in [0.1, 0.15) is 13.8 Å². The standard InChI is InChI=1S/C8H16N2O3/c1-8(2)3-9(5-11)7(13)10(4-8)6-12/h11-12H,3-6H2,1-2H3. The van der Waals surface area contributed by atoms with Crippen LogP contribution in [0.5, 0.6) is 0 Å². The molecule has 1 fully saturated rings. The van der Waals surface area contributed by atoms with Crippen LogP contribution in [-0.2, 0) is 0 Å². The van der Waals surface area contributed by atoms with E-state index in [1.807, 2.05) is 13.8 Å². The second kappa shape index (κ2) is 3.51. The fourth-order valence-electron chi connectivity index (χ4n) is 1.64. The van der Waals surface area contributed by atoms with Gasteiger partial charge in [-0.05, 0) is 0 Å². The molecule has 1 heterocycles. The summed E-state index contributed by atoms with van der Waals surface area (Å²) in [5.74, 6) is 0. The Bertz CT molecular complexity index is 188. The molecule has 5 nitrogen and oxygen atoms in total. The zero-order chi connectivity index (χ0) is 10.1. The van der Waals surface area contributed by atoms with Crippen LogP contribution in [0, 0.1) is 5.41 Å². The number of nitrogens with zero attached hydrogens (tertiary/aromatic N) is 2. The molecule has 76 valence electrons. The van der Waals surface area contributed by atoms with Crippen LogP contribution in [-0.4, -0.2) is 52.6 Å². The molecule has 0 unspecified atom stereocenters. The van der Waals surface area contributed by atoms with Gasteiger partial charge in [-0.2, -0.15) is 0 Å². The smallest absolute Gasteiger partial charge is 0.323 e. The molecule has 0 bridgehead atoms. The summed E-state index contributed by atoms with van der Waals surface area (Å²) >= 11 is 0. The number of carbonyl (C=O) groups excluding carboxylic acids is 1. The largest absolute Gasteiger partial charge is 0.376 e. The molecule has 0 aromatic rings. The van der Waals surface area contributed by atoms with Gasteiger partial charge in [0.15, 0.2) is 0 Å². The Morgan fingerprint density at radius 3 is 1.92 bits per heavy atom. The van der Waals surface area contributed by atoms with Gasteiger partial charge in [0, 0.05) is 18.5 Å². The summed E-state index contributed by atoms with van der Waals surface area (Å²) in [6.07, 6.45) is 0. The van der Waals surface area contributed by atoms with Crippen molar-refractivity contribution in [1.29, 1.82) is 0 Å². The Kier molecular flexibility index (Phi) is 2.77. The minimum absolute atomic E-state index is 0.0840. The molecule has 1 saturated heterocycles. The van der Waals surface area contributed by atoms with Gasteiger partial charge in [0.1, 0.15) is 13.5 Å². The molecule has 2 N–H and O–H groups in total. The molecular weight excluding hydrogens is 172 g/mol. The number of rotatable bonds is 2. The van der Waals surface area contributed by atoms with E-state index >= 15 is 0 Å². The van der Waals surface area contributed by atoms with Crippen molar-refractivity contribution in [2.24, 2.45) is 5.41 Å². The average Bonchev–Trinajstić information content (AvgIpc) is 2.08. The highest BCUT2D eigenvalue weighted by Gasteiger charge is 2.35. The Morgan fingerprint density at radius 2 is 1.62 bits per heavy atom. The van der Waals surface area contributed by atoms with Gasteiger partial charge >= 0.3 is 6.03 Å². The lowest BCUT2D eigenvalue weighted by Crippen LogP contribution is -2.57. The maximum absolute atomic E-state index is 11.4. The van der Waals surface area contributed by atoms with E-state index in [0.717, 1.165) is 0 Å². The predicted octanol–water partition coefficient (Wildman–Crippen LogP) is -0.350. The van der Waals surface area contributed by atoms with Crippen LogP contribution < -0.4 is 0 Å². The van der Waals surface area contributed by atoms with Crippen molar-refractivity contribution in [3.8, 4) is 0 Å². The van der Waals surface area contributed by atoms with Gasteiger partial charge in [0.2, 0.25) is 0 Å². The van der Waals surface area contributed by atoms with E-state index in [-0.39, 0.29) is 24.9 Å². The lowest BCUT2D eigenvalue weighted by atomic mass is 9.90. The lowest BCUT2D eigenvalue weighted by molar-refractivity contribution is 0.000669. The van der Waals surface area contributed by atoms with Crippen LogP contribution >= 0.6 is 0 Å². The first-order valence-corrected chi connectivity index (χ1v) is 4.26. The highest BCUT2D eigenvalue weighted by molar-refractivity contribution is 5.75. The minimum atomic E-state index is -0.302. The summed E-state index contributed by atoms with van der Waals surface area (Å²) in [4.78, 5) is 14.0. The molecule has 0 spiro atoms. The monoisotopic (exact) mass is 188 g/mol. The molecule has 0 radical (unpaired) electrons. The lowest BCUT2D eigenvalue weighted by Gasteiger charge is -2.42. The highest BCUT2D eigenvalue weighted by Crippen LogP contribution is 2.24. The molecule has 0 aliphatic carbocycles. The highest BCUT2D eigenvalue weighted by atomic mass is 16.3. The Morgan fingerprint density at radius 1 is 1.23 bits per heavy atom. The molecule has 1 rings (SSSR count). The van der Waals surface area contributed by atoms with Crippen molar-refractivity contribution in [2.75, 3.05) is 26.6 Å². The van der Waals surface area contributed by atoms with Crippen molar-refractivity contribution < 1.29 is 15.0 Å². The van der Waals surface area contributed by atoms with E-state index in [9.17, 15) is 4.79 Å². The van der Waals surface area contributed by atoms with E-state index < -0.39 is 0 Å². The van der Waals surface area contributed by atoms with Crippen LogP contribution in [0.4, 0.5) is 4.79 Å². The third-order valence-electron chi connectivity index (χ3n) is 2.12. The molecule has 2 amide bonds. The van der Waals surface area contributed by atoms with E-state index in [0.29, 0.717) is 13.1 Å². The molecule has 0 atom stereocenters. The molecule has 1 aliphatic rings. The van der Waals surface area contributed by atoms with Crippen molar-refractivity contribution >= 4 is 6.03 Å². The summed E-state index contributed by atoms with van der Waals surface area (Å²) in [6.45, 7) is 4.45. The number of aliphatic hydroxyl groups is 2. The number of urea groups is 1. The zero-order valence-electron chi connectivity index (χ0n) is 8.03. The predicted molar refractivity (Wildman–Crippen MR) is 46.8 cm³/mol. The third-order valence-corrected chi connectivity index (χ3v) is 2.12. The van der Waals surface area contributed by atoms with Crippen LogP contribution in [0.3, 0.4) is 0 Å². The van der Waals surface area contributed by atoms with E-state index in [1.165, 1.54) is 9.80 Å². The number of amides is 2. The first kappa shape index (κ1) is 10.3. The van der Waals surface area contributed by atoms with Gasteiger partial charge in [0.25, 0.3) is 0 Å². The maximum atomic E-state index is 11.4. The number of aliphatic hydroxyl groups excluding tert-OH is 2. The summed E-state index contributed by atoms with van der Waals surface area (Å²) in [5, 5.41) is 17.8. The maximum Gasteiger partial charge on any atom is 0.323 e. The van der Waals surface area contributed by atoms with Crippen molar-refractivity contribution in [3.05, 3.63) is 0 Å². The summed E-state index contributed by atoms with van der Waals surface area (Å²) in [7, 11) is 0. The Labute approximate surface area is 77.6 Å².